The first-order valence-electron chi connectivity index (χ1n) is 28.4. The first-order valence-corrected chi connectivity index (χ1v) is 28.4. The van der Waals surface area contributed by atoms with Crippen molar-refractivity contribution < 1.29 is 23.8 Å². The van der Waals surface area contributed by atoms with Gasteiger partial charge in [-0.25, -0.2) is 0 Å². The third-order valence-corrected chi connectivity index (χ3v) is 11.4. The Morgan fingerprint density at radius 1 is 0.329 bits per heavy atom. The number of allylic oxidation sites excluding steroid dienone is 24. The minimum Gasteiger partial charge on any atom is -0.462 e. The highest BCUT2D eigenvalue weighted by Gasteiger charge is 2.17. The van der Waals surface area contributed by atoms with Gasteiger partial charge in [-0.1, -0.05) is 263 Å². The molecule has 0 aliphatic heterocycles. The molecule has 1 atom stereocenters. The van der Waals surface area contributed by atoms with Crippen LogP contribution in [-0.4, -0.2) is 37.9 Å². The van der Waals surface area contributed by atoms with Crippen LogP contribution in [0, 0.1) is 0 Å². The van der Waals surface area contributed by atoms with Gasteiger partial charge in [-0.05, 0) is 96.3 Å². The topological polar surface area (TPSA) is 61.8 Å². The summed E-state index contributed by atoms with van der Waals surface area (Å²) in [4.78, 5) is 25.4. The highest BCUT2D eigenvalue weighted by molar-refractivity contribution is 5.70. The summed E-state index contributed by atoms with van der Waals surface area (Å²) in [5.41, 5.74) is 0. The molecule has 394 valence electrons. The van der Waals surface area contributed by atoms with E-state index in [9.17, 15) is 9.59 Å². The third-order valence-electron chi connectivity index (χ3n) is 11.4. The predicted octanol–water partition coefficient (Wildman–Crippen LogP) is 19.7. The maximum Gasteiger partial charge on any atom is 0.306 e. The molecule has 0 N–H and O–H groups in total. The van der Waals surface area contributed by atoms with E-state index >= 15 is 0 Å². The lowest BCUT2D eigenvalue weighted by atomic mass is 10.0. The average Bonchev–Trinajstić information content (AvgIpc) is 3.36. The number of carbonyl (C=O) groups excluding carboxylic acids is 2. The van der Waals surface area contributed by atoms with Crippen molar-refractivity contribution in [2.45, 2.75) is 232 Å². The summed E-state index contributed by atoms with van der Waals surface area (Å²) < 4.78 is 17.3. The molecule has 0 aliphatic rings. The molecular weight excluding hydrogens is 861 g/mol. The average molecular weight is 966 g/mol. The molecule has 0 aliphatic carbocycles. The molecule has 0 aromatic rings. The van der Waals surface area contributed by atoms with Gasteiger partial charge >= 0.3 is 11.9 Å². The molecular formula is C65H104O5. The molecule has 0 amide bonds. The molecule has 70 heavy (non-hydrogen) atoms. The molecule has 0 saturated heterocycles. The fraction of sp³-hybridized carbons (Fsp3) is 0.600. The summed E-state index contributed by atoms with van der Waals surface area (Å²) in [6, 6.07) is 0. The van der Waals surface area contributed by atoms with Crippen molar-refractivity contribution in [2.24, 2.45) is 0 Å². The maximum atomic E-state index is 12.8. The van der Waals surface area contributed by atoms with E-state index < -0.39 is 6.10 Å². The molecule has 0 rings (SSSR count). The summed E-state index contributed by atoms with van der Waals surface area (Å²) >= 11 is 0. The highest BCUT2D eigenvalue weighted by Crippen LogP contribution is 2.14. The van der Waals surface area contributed by atoms with Gasteiger partial charge in [0.1, 0.15) is 6.61 Å². The van der Waals surface area contributed by atoms with Crippen molar-refractivity contribution in [3.63, 3.8) is 0 Å². The van der Waals surface area contributed by atoms with Crippen LogP contribution in [-0.2, 0) is 23.8 Å². The number of esters is 2. The zero-order valence-electron chi connectivity index (χ0n) is 45.2. The minimum atomic E-state index is -0.617. The largest absolute Gasteiger partial charge is 0.462 e. The van der Waals surface area contributed by atoms with E-state index in [1.54, 1.807) is 0 Å². The molecule has 1 unspecified atom stereocenters. The molecule has 0 saturated carbocycles. The van der Waals surface area contributed by atoms with Gasteiger partial charge in [0, 0.05) is 19.4 Å². The molecule has 0 aromatic heterocycles. The van der Waals surface area contributed by atoms with E-state index in [1.165, 1.54) is 89.9 Å². The summed E-state index contributed by atoms with van der Waals surface area (Å²) in [6.45, 7) is 7.44. The number of ether oxygens (including phenoxy) is 3. The van der Waals surface area contributed by atoms with Gasteiger partial charge < -0.3 is 14.2 Å². The molecule has 5 heteroatoms. The monoisotopic (exact) mass is 965 g/mol. The molecule has 0 bridgehead atoms. The molecule has 5 nitrogen and oxygen atoms in total. The third kappa shape index (κ3) is 56.4. The smallest absolute Gasteiger partial charge is 0.306 e. The first-order chi connectivity index (χ1) is 34.6. The Labute approximate surface area is 431 Å². The van der Waals surface area contributed by atoms with E-state index in [1.807, 2.05) is 12.2 Å². The molecule has 0 fully saturated rings. The quantitative estimate of drug-likeness (QED) is 0.0345. The van der Waals surface area contributed by atoms with Crippen LogP contribution in [0.25, 0.3) is 0 Å². The zero-order valence-corrected chi connectivity index (χ0v) is 45.2. The van der Waals surface area contributed by atoms with Gasteiger partial charge in [0.25, 0.3) is 0 Å². The van der Waals surface area contributed by atoms with Gasteiger partial charge in [-0.15, -0.1) is 0 Å². The van der Waals surface area contributed by atoms with Crippen molar-refractivity contribution in [3.8, 4) is 0 Å². The Kier molecular flexibility index (Phi) is 55.5. The normalized spacial score (nSPS) is 13.4. The number of unbranched alkanes of at least 4 members (excludes halogenated alkanes) is 15. The van der Waals surface area contributed by atoms with Gasteiger partial charge in [-0.2, -0.15) is 0 Å². The summed E-state index contributed by atoms with van der Waals surface area (Å²) in [6.07, 6.45) is 86.1. The van der Waals surface area contributed by atoms with Gasteiger partial charge in [-0.3, -0.25) is 9.59 Å². The van der Waals surface area contributed by atoms with Crippen LogP contribution in [0.15, 0.2) is 146 Å². The fourth-order valence-corrected chi connectivity index (χ4v) is 7.27. The standard InChI is InChI=1S/C65H104O5/c1-4-7-10-13-16-19-22-25-28-31-33-35-37-40-43-46-49-52-55-58-64(66)69-62-63(61-68-60-57-54-51-48-45-42-39-30-27-24-21-18-15-12-9-6-3)70-65(67)59-56-53-50-47-44-41-38-36-34-32-29-26-23-20-17-14-11-8-5-2/h7-8,10-11,16-17,19-20,25-26,28-29,33-36,40-41,43-44,49-50,52-53,63H,4-6,9,12-15,18,21-24,27,30-32,37-39,42,45-48,51,54-62H2,1-3H3/b10-7-,11-8-,19-16-,20-17-,28-25-,29-26-,35-33-,36-34-,43-40-,44-41-,52-49-,53-50-. The second-order valence-corrected chi connectivity index (χ2v) is 18.1. The predicted molar refractivity (Wildman–Crippen MR) is 306 cm³/mol. The summed E-state index contributed by atoms with van der Waals surface area (Å²) in [5.74, 6) is -0.596. The Morgan fingerprint density at radius 3 is 0.943 bits per heavy atom. The number of hydrogen-bond donors (Lipinski definition) is 0. The van der Waals surface area contributed by atoms with Crippen molar-refractivity contribution in [3.05, 3.63) is 146 Å². The van der Waals surface area contributed by atoms with E-state index in [2.05, 4.69) is 154 Å². The minimum absolute atomic E-state index is 0.00714. The number of hydrogen-bond acceptors (Lipinski definition) is 5. The second kappa shape index (κ2) is 59.1. The van der Waals surface area contributed by atoms with Crippen molar-refractivity contribution >= 4 is 11.9 Å². The van der Waals surface area contributed by atoms with Crippen LogP contribution in [0.3, 0.4) is 0 Å². The summed E-state index contributed by atoms with van der Waals surface area (Å²) in [7, 11) is 0. The van der Waals surface area contributed by atoms with Gasteiger partial charge in [0.2, 0.25) is 0 Å². The lowest BCUT2D eigenvalue weighted by molar-refractivity contribution is -0.162. The molecule has 0 heterocycles. The highest BCUT2D eigenvalue weighted by atomic mass is 16.6. The SMILES string of the molecule is CC/C=C\C/C=C\C/C=C\C/C=C\C/C=C\C/C=C\CCC(=O)OCC(COCCCCCCCCCCCCCCCCCC)OC(=O)CC/C=C\C/C=C\C/C=C\C/C=C\C/C=C\C/C=C\CC. The van der Waals surface area contributed by atoms with Crippen LogP contribution >= 0.6 is 0 Å². The van der Waals surface area contributed by atoms with E-state index in [0.717, 1.165) is 89.9 Å². The Balaban J connectivity index is 4.53. The van der Waals surface area contributed by atoms with Crippen LogP contribution in [0.5, 0.6) is 0 Å². The van der Waals surface area contributed by atoms with Crippen molar-refractivity contribution in [1.29, 1.82) is 0 Å². The van der Waals surface area contributed by atoms with Crippen molar-refractivity contribution in [2.75, 3.05) is 19.8 Å². The van der Waals surface area contributed by atoms with Crippen LogP contribution in [0.2, 0.25) is 0 Å². The van der Waals surface area contributed by atoms with Crippen LogP contribution in [0.1, 0.15) is 226 Å². The molecule has 0 aromatic carbocycles. The summed E-state index contributed by atoms with van der Waals surface area (Å²) in [5, 5.41) is 0. The molecule has 0 radical (unpaired) electrons. The number of rotatable bonds is 50. The lowest BCUT2D eigenvalue weighted by Crippen LogP contribution is -2.30. The number of carbonyl (C=O) groups is 2. The first kappa shape index (κ1) is 65.8. The second-order valence-electron chi connectivity index (χ2n) is 18.1. The van der Waals surface area contributed by atoms with Gasteiger partial charge in [0.05, 0.1) is 6.61 Å². The van der Waals surface area contributed by atoms with Crippen LogP contribution < -0.4 is 0 Å². The van der Waals surface area contributed by atoms with Crippen LogP contribution in [0.4, 0.5) is 0 Å². The van der Waals surface area contributed by atoms with E-state index in [0.29, 0.717) is 19.4 Å². The van der Waals surface area contributed by atoms with E-state index in [4.69, 9.17) is 14.2 Å². The Bertz CT molecular complexity index is 1510. The lowest BCUT2D eigenvalue weighted by Gasteiger charge is -2.18. The van der Waals surface area contributed by atoms with E-state index in [-0.39, 0.29) is 38.0 Å². The maximum absolute atomic E-state index is 12.8. The molecule has 0 spiro atoms. The zero-order chi connectivity index (χ0) is 50.6. The Morgan fingerprint density at radius 2 is 0.614 bits per heavy atom. The fourth-order valence-electron chi connectivity index (χ4n) is 7.27. The van der Waals surface area contributed by atoms with Gasteiger partial charge in [0.15, 0.2) is 6.10 Å². The van der Waals surface area contributed by atoms with Crippen molar-refractivity contribution in [1.82, 2.24) is 0 Å². The Hall–Kier alpha value is -4.22.